The molecule has 0 saturated heterocycles. The summed E-state index contributed by atoms with van der Waals surface area (Å²) in [5.74, 6) is 0. The van der Waals surface area contributed by atoms with Crippen LogP contribution in [0, 0.1) is 0 Å². The summed E-state index contributed by atoms with van der Waals surface area (Å²) in [6.45, 7) is 4.04. The molecule has 0 radical (unpaired) electrons. The largest absolute Gasteiger partial charge is 0.820 e. The molecule has 0 unspecified atom stereocenters. The number of rotatable bonds is 6. The SMILES string of the molecule is CCCC(CCC)OP([O-])[O-]. The average molecular weight is 178 g/mol. The van der Waals surface area contributed by atoms with Gasteiger partial charge in [0.05, 0.1) is 6.10 Å². The van der Waals surface area contributed by atoms with Crippen molar-refractivity contribution in [1.29, 1.82) is 0 Å². The molecule has 11 heavy (non-hydrogen) atoms. The molecule has 4 heteroatoms. The van der Waals surface area contributed by atoms with Gasteiger partial charge in [0.15, 0.2) is 0 Å². The zero-order valence-electron chi connectivity index (χ0n) is 7.08. The normalized spacial score (nSPS) is 11.5. The first-order valence-corrected chi connectivity index (χ1v) is 5.11. The highest BCUT2D eigenvalue weighted by molar-refractivity contribution is 7.36. The maximum Gasteiger partial charge on any atom is 0.0585 e. The minimum Gasteiger partial charge on any atom is -0.820 e. The third-order valence-electron chi connectivity index (χ3n) is 1.46. The third kappa shape index (κ3) is 6.70. The van der Waals surface area contributed by atoms with Crippen molar-refractivity contribution in [2.45, 2.75) is 45.6 Å². The van der Waals surface area contributed by atoms with Gasteiger partial charge in [0.2, 0.25) is 0 Å². The Bertz CT molecular complexity index is 81.8. The predicted molar refractivity (Wildman–Crippen MR) is 41.6 cm³/mol. The Morgan fingerprint density at radius 1 is 1.18 bits per heavy atom. The standard InChI is InChI=1S/C7H15O3P/c1-3-5-7(6-4-2)10-11(8)9/h7H,3-6H2,1-2H3/q-2. The van der Waals surface area contributed by atoms with Crippen molar-refractivity contribution >= 4 is 8.60 Å². The Hall–Kier alpha value is 0.310. The molecule has 0 aromatic heterocycles. The van der Waals surface area contributed by atoms with Crippen LogP contribution < -0.4 is 9.79 Å². The van der Waals surface area contributed by atoms with E-state index in [0.717, 1.165) is 25.7 Å². The molecule has 0 saturated carbocycles. The molecule has 0 N–H and O–H groups in total. The highest BCUT2D eigenvalue weighted by Gasteiger charge is 2.03. The summed E-state index contributed by atoms with van der Waals surface area (Å²) in [6.07, 6.45) is 3.50. The minimum absolute atomic E-state index is 0.0916. The number of hydrogen-bond acceptors (Lipinski definition) is 3. The van der Waals surface area contributed by atoms with E-state index in [-0.39, 0.29) is 6.10 Å². The molecule has 0 aliphatic rings. The molecular formula is C7H15O3P-2. The van der Waals surface area contributed by atoms with Crippen molar-refractivity contribution in [3.05, 3.63) is 0 Å². The van der Waals surface area contributed by atoms with Crippen LogP contribution in [0.2, 0.25) is 0 Å². The zero-order chi connectivity index (χ0) is 8.69. The van der Waals surface area contributed by atoms with Crippen LogP contribution >= 0.6 is 8.60 Å². The summed E-state index contributed by atoms with van der Waals surface area (Å²) in [7, 11) is -2.66. The van der Waals surface area contributed by atoms with Crippen LogP contribution in [0.5, 0.6) is 0 Å². The van der Waals surface area contributed by atoms with Gasteiger partial charge >= 0.3 is 0 Å². The van der Waals surface area contributed by atoms with Crippen LogP contribution in [0.15, 0.2) is 0 Å². The van der Waals surface area contributed by atoms with Gasteiger partial charge in [-0.1, -0.05) is 26.7 Å². The lowest BCUT2D eigenvalue weighted by Crippen LogP contribution is -2.18. The summed E-state index contributed by atoms with van der Waals surface area (Å²) in [4.78, 5) is 20.3. The predicted octanol–water partition coefficient (Wildman–Crippen LogP) is 0.919. The van der Waals surface area contributed by atoms with Gasteiger partial charge in [-0.25, -0.2) is 0 Å². The Labute approximate surface area is 69.4 Å². The summed E-state index contributed by atoms with van der Waals surface area (Å²) in [5.41, 5.74) is 0. The van der Waals surface area contributed by atoms with Gasteiger partial charge in [-0.05, 0) is 12.8 Å². The molecule has 0 heterocycles. The molecule has 0 aromatic carbocycles. The van der Waals surface area contributed by atoms with Gasteiger partial charge in [0.25, 0.3) is 0 Å². The van der Waals surface area contributed by atoms with Gasteiger partial charge < -0.3 is 14.3 Å². The second-order valence-corrected chi connectivity index (χ2v) is 3.19. The minimum atomic E-state index is -2.66. The lowest BCUT2D eigenvalue weighted by Gasteiger charge is -2.34. The average Bonchev–Trinajstić information content (AvgIpc) is 1.87. The maximum absolute atomic E-state index is 10.2. The van der Waals surface area contributed by atoms with Gasteiger partial charge in [-0.2, -0.15) is 8.60 Å². The van der Waals surface area contributed by atoms with Crippen molar-refractivity contribution in [2.24, 2.45) is 0 Å². The summed E-state index contributed by atoms with van der Waals surface area (Å²) >= 11 is 0. The van der Waals surface area contributed by atoms with E-state index >= 15 is 0 Å². The first-order valence-electron chi connectivity index (χ1n) is 4.01. The zero-order valence-corrected chi connectivity index (χ0v) is 7.97. The Morgan fingerprint density at radius 2 is 1.64 bits per heavy atom. The van der Waals surface area contributed by atoms with Crippen molar-refractivity contribution in [2.75, 3.05) is 0 Å². The summed E-state index contributed by atoms with van der Waals surface area (Å²) < 4.78 is 4.68. The lowest BCUT2D eigenvalue weighted by molar-refractivity contribution is -0.321. The first-order chi connectivity index (χ1) is 5.20. The van der Waals surface area contributed by atoms with Gasteiger partial charge in [0.1, 0.15) is 0 Å². The van der Waals surface area contributed by atoms with Gasteiger partial charge in [0, 0.05) is 0 Å². The van der Waals surface area contributed by atoms with Crippen LogP contribution in [0.4, 0.5) is 0 Å². The van der Waals surface area contributed by atoms with E-state index in [2.05, 4.69) is 4.52 Å². The lowest BCUT2D eigenvalue weighted by atomic mass is 10.1. The van der Waals surface area contributed by atoms with Crippen molar-refractivity contribution in [3.63, 3.8) is 0 Å². The molecule has 68 valence electrons. The highest BCUT2D eigenvalue weighted by Crippen LogP contribution is 2.22. The molecule has 0 bridgehead atoms. The van der Waals surface area contributed by atoms with Crippen molar-refractivity contribution in [1.82, 2.24) is 0 Å². The van der Waals surface area contributed by atoms with Crippen LogP contribution in [0.1, 0.15) is 39.5 Å². The summed E-state index contributed by atoms with van der Waals surface area (Å²) in [5, 5.41) is 0. The van der Waals surface area contributed by atoms with E-state index in [9.17, 15) is 9.79 Å². The second kappa shape index (κ2) is 6.99. The van der Waals surface area contributed by atoms with E-state index < -0.39 is 8.60 Å². The molecule has 3 nitrogen and oxygen atoms in total. The quantitative estimate of drug-likeness (QED) is 0.568. The fraction of sp³-hybridized carbons (Fsp3) is 1.00. The van der Waals surface area contributed by atoms with Crippen LogP contribution in [0.25, 0.3) is 0 Å². The van der Waals surface area contributed by atoms with Crippen LogP contribution in [-0.2, 0) is 4.52 Å². The molecule has 0 atom stereocenters. The van der Waals surface area contributed by atoms with E-state index in [4.69, 9.17) is 0 Å². The Kier molecular flexibility index (Phi) is 7.18. The summed E-state index contributed by atoms with van der Waals surface area (Å²) in [6, 6.07) is 0. The van der Waals surface area contributed by atoms with Gasteiger partial charge in [-0.3, -0.25) is 0 Å². The first kappa shape index (κ1) is 11.3. The van der Waals surface area contributed by atoms with Crippen LogP contribution in [0.3, 0.4) is 0 Å². The fourth-order valence-electron chi connectivity index (χ4n) is 1.02. The van der Waals surface area contributed by atoms with Crippen LogP contribution in [-0.4, -0.2) is 6.10 Å². The third-order valence-corrected chi connectivity index (χ3v) is 1.93. The maximum atomic E-state index is 10.2. The molecule has 0 rings (SSSR count). The van der Waals surface area contributed by atoms with E-state index in [1.54, 1.807) is 0 Å². The number of hydrogen-bond donors (Lipinski definition) is 0. The Balaban J connectivity index is 3.50. The van der Waals surface area contributed by atoms with Gasteiger partial charge in [-0.15, -0.1) is 0 Å². The molecule has 0 amide bonds. The molecule has 0 aliphatic heterocycles. The molecule has 0 aromatic rings. The van der Waals surface area contributed by atoms with E-state index in [1.165, 1.54) is 0 Å². The monoisotopic (exact) mass is 178 g/mol. The smallest absolute Gasteiger partial charge is 0.0585 e. The van der Waals surface area contributed by atoms with E-state index in [0.29, 0.717) is 0 Å². The molecular weight excluding hydrogens is 163 g/mol. The molecule has 0 aliphatic carbocycles. The molecule has 0 fully saturated rings. The fourth-order valence-corrected chi connectivity index (χ4v) is 1.47. The van der Waals surface area contributed by atoms with Crippen molar-refractivity contribution in [3.8, 4) is 0 Å². The highest BCUT2D eigenvalue weighted by atomic mass is 31.2. The topological polar surface area (TPSA) is 55.3 Å². The van der Waals surface area contributed by atoms with Crippen molar-refractivity contribution < 1.29 is 14.3 Å². The second-order valence-electron chi connectivity index (χ2n) is 2.53. The Morgan fingerprint density at radius 3 is 1.91 bits per heavy atom. The van der Waals surface area contributed by atoms with E-state index in [1.807, 2.05) is 13.8 Å². The molecule has 0 spiro atoms.